The number of hydrogen-bond donors (Lipinski definition) is 0. The summed E-state index contributed by atoms with van der Waals surface area (Å²) in [6, 6.07) is 12.7. The number of hydrogen-bond acceptors (Lipinski definition) is 3. The van der Waals surface area contributed by atoms with E-state index in [2.05, 4.69) is 4.98 Å². The number of anilines is 1. The molecule has 19 heavy (non-hydrogen) atoms. The summed E-state index contributed by atoms with van der Waals surface area (Å²) in [4.78, 5) is 17.8. The van der Waals surface area contributed by atoms with Gasteiger partial charge < -0.3 is 0 Å². The van der Waals surface area contributed by atoms with Crippen LogP contribution in [0.3, 0.4) is 0 Å². The van der Waals surface area contributed by atoms with Crippen LogP contribution in [0, 0.1) is 18.3 Å². The Hall–Kier alpha value is -2.67. The lowest BCUT2D eigenvalue weighted by Crippen LogP contribution is -2.27. The van der Waals surface area contributed by atoms with Crippen molar-refractivity contribution in [1.29, 1.82) is 5.26 Å². The number of amides is 1. The smallest absolute Gasteiger partial charge is 0.259 e. The number of nitriles is 1. The summed E-state index contributed by atoms with van der Waals surface area (Å²) in [5.74, 6) is 0.391. The molecular weight excluding hydrogens is 238 g/mol. The van der Waals surface area contributed by atoms with Gasteiger partial charge in [-0.1, -0.05) is 17.7 Å². The second-order valence-electron chi connectivity index (χ2n) is 4.25. The summed E-state index contributed by atoms with van der Waals surface area (Å²) >= 11 is 0. The van der Waals surface area contributed by atoms with Crippen molar-refractivity contribution in [3.63, 3.8) is 0 Å². The first kappa shape index (κ1) is 12.8. The summed E-state index contributed by atoms with van der Waals surface area (Å²) in [5.41, 5.74) is 2.19. The van der Waals surface area contributed by atoms with Crippen molar-refractivity contribution in [2.24, 2.45) is 0 Å². The van der Waals surface area contributed by atoms with Crippen LogP contribution in [0.25, 0.3) is 0 Å². The average molecular weight is 251 g/mol. The molecule has 0 aliphatic rings. The van der Waals surface area contributed by atoms with Crippen molar-refractivity contribution in [3.8, 4) is 6.07 Å². The number of aryl methyl sites for hydroxylation is 1. The van der Waals surface area contributed by atoms with Crippen molar-refractivity contribution < 1.29 is 4.79 Å². The van der Waals surface area contributed by atoms with Crippen LogP contribution < -0.4 is 4.90 Å². The number of carbonyl (C=O) groups excluding carboxylic acids is 1. The molecule has 1 aromatic carbocycles. The molecule has 0 bridgehead atoms. The van der Waals surface area contributed by atoms with Crippen LogP contribution in [0.2, 0.25) is 0 Å². The lowest BCUT2D eigenvalue weighted by Gasteiger charge is -2.16. The predicted octanol–water partition coefficient (Wildman–Crippen LogP) is 2.54. The molecule has 0 N–H and O–H groups in total. The molecule has 1 aromatic heterocycles. The Kier molecular flexibility index (Phi) is 3.58. The monoisotopic (exact) mass is 251 g/mol. The highest BCUT2D eigenvalue weighted by Crippen LogP contribution is 2.13. The van der Waals surface area contributed by atoms with Crippen LogP contribution >= 0.6 is 0 Å². The summed E-state index contributed by atoms with van der Waals surface area (Å²) in [5, 5.41) is 8.71. The molecule has 0 spiro atoms. The van der Waals surface area contributed by atoms with Crippen LogP contribution in [-0.2, 0) is 0 Å². The van der Waals surface area contributed by atoms with Gasteiger partial charge in [0.15, 0.2) is 0 Å². The van der Waals surface area contributed by atoms with E-state index in [9.17, 15) is 4.79 Å². The lowest BCUT2D eigenvalue weighted by atomic mass is 10.1. The molecule has 94 valence electrons. The normalized spacial score (nSPS) is 9.74. The van der Waals surface area contributed by atoms with Crippen LogP contribution in [0.5, 0.6) is 0 Å². The highest BCUT2D eigenvalue weighted by Gasteiger charge is 2.14. The van der Waals surface area contributed by atoms with Crippen LogP contribution in [0.15, 0.2) is 42.6 Å². The maximum absolute atomic E-state index is 12.2. The SMILES string of the molecule is Cc1ccc(C(=O)N(C)c2ccc(C#N)cn2)cc1. The zero-order chi connectivity index (χ0) is 13.8. The largest absolute Gasteiger partial charge is 0.296 e. The molecule has 4 heteroatoms. The third-order valence-corrected chi connectivity index (χ3v) is 2.82. The van der Waals surface area contributed by atoms with Crippen molar-refractivity contribution >= 4 is 11.7 Å². The maximum Gasteiger partial charge on any atom is 0.259 e. The van der Waals surface area contributed by atoms with Gasteiger partial charge >= 0.3 is 0 Å². The highest BCUT2D eigenvalue weighted by molar-refractivity contribution is 6.05. The van der Waals surface area contributed by atoms with Crippen molar-refractivity contribution in [2.75, 3.05) is 11.9 Å². The van der Waals surface area contributed by atoms with E-state index in [-0.39, 0.29) is 5.91 Å². The summed E-state index contributed by atoms with van der Waals surface area (Å²) in [6.45, 7) is 1.97. The molecule has 0 fully saturated rings. The molecule has 2 rings (SSSR count). The van der Waals surface area contributed by atoms with Gasteiger partial charge in [0.25, 0.3) is 5.91 Å². The highest BCUT2D eigenvalue weighted by atomic mass is 16.2. The summed E-state index contributed by atoms with van der Waals surface area (Å²) in [6.07, 6.45) is 1.45. The molecule has 0 aliphatic heterocycles. The number of nitrogens with zero attached hydrogens (tertiary/aromatic N) is 3. The number of benzene rings is 1. The minimum Gasteiger partial charge on any atom is -0.296 e. The molecule has 0 radical (unpaired) electrons. The third kappa shape index (κ3) is 2.78. The Morgan fingerprint density at radius 3 is 2.42 bits per heavy atom. The molecule has 4 nitrogen and oxygen atoms in total. The van der Waals surface area contributed by atoms with Gasteiger partial charge in [0.1, 0.15) is 11.9 Å². The lowest BCUT2D eigenvalue weighted by molar-refractivity contribution is 0.0992. The fourth-order valence-corrected chi connectivity index (χ4v) is 1.64. The van der Waals surface area contributed by atoms with Crippen molar-refractivity contribution in [2.45, 2.75) is 6.92 Å². The zero-order valence-corrected chi connectivity index (χ0v) is 10.8. The first-order valence-corrected chi connectivity index (χ1v) is 5.82. The van der Waals surface area contributed by atoms with Crippen molar-refractivity contribution in [1.82, 2.24) is 4.98 Å². The van der Waals surface area contributed by atoms with E-state index in [0.29, 0.717) is 16.9 Å². The average Bonchev–Trinajstić information content (AvgIpc) is 2.46. The second kappa shape index (κ2) is 5.32. The van der Waals surface area contributed by atoms with Gasteiger partial charge in [-0.25, -0.2) is 4.98 Å². The quantitative estimate of drug-likeness (QED) is 0.824. The van der Waals surface area contributed by atoms with Gasteiger partial charge in [-0.2, -0.15) is 5.26 Å². The Balaban J connectivity index is 2.23. The molecule has 1 amide bonds. The maximum atomic E-state index is 12.2. The molecule has 0 saturated carbocycles. The Labute approximate surface area is 111 Å². The molecule has 0 unspecified atom stereocenters. The molecule has 0 saturated heterocycles. The van der Waals surface area contributed by atoms with Crippen molar-refractivity contribution in [3.05, 3.63) is 59.3 Å². The first-order valence-electron chi connectivity index (χ1n) is 5.82. The molecule has 1 heterocycles. The number of rotatable bonds is 2. The van der Waals surface area contributed by atoms with E-state index < -0.39 is 0 Å². The van der Waals surface area contributed by atoms with Crippen LogP contribution in [-0.4, -0.2) is 17.9 Å². The Morgan fingerprint density at radius 1 is 1.21 bits per heavy atom. The molecule has 2 aromatic rings. The standard InChI is InChI=1S/C15H13N3O/c1-11-3-6-13(7-4-11)15(19)18(2)14-8-5-12(9-16)10-17-14/h3-8,10H,1-2H3. The topological polar surface area (TPSA) is 57.0 Å². The van der Waals surface area contributed by atoms with E-state index in [0.717, 1.165) is 5.56 Å². The first-order chi connectivity index (χ1) is 9.11. The fourth-order valence-electron chi connectivity index (χ4n) is 1.64. The number of aromatic nitrogens is 1. The van der Waals surface area contributed by atoms with E-state index in [1.165, 1.54) is 11.1 Å². The number of pyridine rings is 1. The fraction of sp³-hybridized carbons (Fsp3) is 0.133. The Bertz CT molecular complexity index is 624. The van der Waals surface area contributed by atoms with E-state index in [4.69, 9.17) is 5.26 Å². The van der Waals surface area contributed by atoms with Gasteiger partial charge in [-0.05, 0) is 31.2 Å². The van der Waals surface area contributed by atoms with Gasteiger partial charge in [0.05, 0.1) is 5.56 Å². The van der Waals surface area contributed by atoms with Gasteiger partial charge in [-0.3, -0.25) is 9.69 Å². The summed E-state index contributed by atoms with van der Waals surface area (Å²) in [7, 11) is 1.66. The van der Waals surface area contributed by atoms with E-state index in [1.54, 1.807) is 31.3 Å². The van der Waals surface area contributed by atoms with E-state index >= 15 is 0 Å². The second-order valence-corrected chi connectivity index (χ2v) is 4.25. The molecule has 0 atom stereocenters. The van der Waals surface area contributed by atoms with Gasteiger partial charge in [0, 0.05) is 18.8 Å². The minimum atomic E-state index is -0.128. The number of carbonyl (C=O) groups is 1. The molecule has 0 aliphatic carbocycles. The van der Waals surface area contributed by atoms with Crippen LogP contribution in [0.1, 0.15) is 21.5 Å². The van der Waals surface area contributed by atoms with Gasteiger partial charge in [-0.15, -0.1) is 0 Å². The minimum absolute atomic E-state index is 0.128. The van der Waals surface area contributed by atoms with Gasteiger partial charge in [0.2, 0.25) is 0 Å². The third-order valence-electron chi connectivity index (χ3n) is 2.82. The van der Waals surface area contributed by atoms with E-state index in [1.807, 2.05) is 25.1 Å². The van der Waals surface area contributed by atoms with Crippen LogP contribution in [0.4, 0.5) is 5.82 Å². The Morgan fingerprint density at radius 2 is 1.89 bits per heavy atom. The zero-order valence-electron chi connectivity index (χ0n) is 10.8. The summed E-state index contributed by atoms with van der Waals surface area (Å²) < 4.78 is 0. The molecular formula is C15H13N3O. The predicted molar refractivity (Wildman–Crippen MR) is 72.9 cm³/mol.